The number of aliphatic hydroxyl groups is 2. The molecule has 1 aliphatic rings. The maximum atomic E-state index is 14.0. The molecule has 1 aliphatic heterocycles. The van der Waals surface area contributed by atoms with Crippen LogP contribution in [-0.4, -0.2) is 257 Å². The average molecular weight is 1580 g/mol. The van der Waals surface area contributed by atoms with Crippen LogP contribution in [0.1, 0.15) is 83.4 Å². The first-order valence-electron chi connectivity index (χ1n) is 32.0. The number of carboxylic acids is 3. The van der Waals surface area contributed by atoms with Crippen LogP contribution in [0.4, 0.5) is 5.82 Å². The highest BCUT2D eigenvalue weighted by atomic mass is 31.3. The van der Waals surface area contributed by atoms with Gasteiger partial charge in [0.15, 0.2) is 17.7 Å². The Labute approximate surface area is 597 Å². The van der Waals surface area contributed by atoms with E-state index in [1.165, 1.54) is 30.0 Å². The van der Waals surface area contributed by atoms with Crippen LogP contribution in [0, 0.1) is 5.92 Å². The van der Waals surface area contributed by atoms with E-state index in [1.807, 2.05) is 5.09 Å². The highest BCUT2D eigenvalue weighted by Gasteiger charge is 2.47. The molecule has 1 aromatic carbocycles. The predicted octanol–water partition coefficient (Wildman–Crippen LogP) is -3.54. The van der Waals surface area contributed by atoms with Crippen LogP contribution in [0.15, 0.2) is 36.9 Å². The topological polar surface area (TPSA) is 690 Å². The van der Waals surface area contributed by atoms with Crippen molar-refractivity contribution in [1.82, 2.24) is 61.8 Å². The van der Waals surface area contributed by atoms with Gasteiger partial charge in [-0.05, 0) is 36.5 Å². The first-order valence-corrected chi connectivity index (χ1v) is 38.1. The number of carboxylic acid groups (broad SMARTS) is 3. The van der Waals surface area contributed by atoms with Gasteiger partial charge in [0.05, 0.1) is 65.8 Å². The van der Waals surface area contributed by atoms with Crippen molar-refractivity contribution in [3.63, 3.8) is 0 Å². The Morgan fingerprint density at radius 3 is 1.56 bits per heavy atom. The summed E-state index contributed by atoms with van der Waals surface area (Å²) in [5.74, 6) is -10.9. The van der Waals surface area contributed by atoms with Gasteiger partial charge in [-0.3, -0.25) is 62.0 Å². The lowest BCUT2D eigenvalue weighted by molar-refractivity contribution is -0.144. The number of phosphoric acid groups is 3. The van der Waals surface area contributed by atoms with Gasteiger partial charge in [0, 0.05) is 71.1 Å². The van der Waals surface area contributed by atoms with E-state index in [9.17, 15) is 116 Å². The molecule has 1 fully saturated rings. The van der Waals surface area contributed by atoms with Crippen LogP contribution < -0.4 is 52.6 Å². The van der Waals surface area contributed by atoms with Crippen LogP contribution in [-0.2, 0) is 109 Å². The molecule has 105 heavy (non-hydrogen) atoms. The smallest absolute Gasteiger partial charge is 0.481 e. The number of imidazole rings is 1. The minimum Gasteiger partial charge on any atom is -0.481 e. The van der Waals surface area contributed by atoms with Crippen LogP contribution in [0.3, 0.4) is 0 Å². The number of rotatable bonds is 53. The van der Waals surface area contributed by atoms with Gasteiger partial charge in [-0.15, -0.1) is 0 Å². The van der Waals surface area contributed by atoms with Crippen molar-refractivity contribution < 1.29 is 158 Å². The summed E-state index contributed by atoms with van der Waals surface area (Å²) in [5, 5.41) is 68.4. The third-order valence-corrected chi connectivity index (χ3v) is 19.5. The molecule has 3 aromatic rings. The Balaban J connectivity index is 1.06. The van der Waals surface area contributed by atoms with Crippen LogP contribution in [0.5, 0.6) is 5.75 Å². The molecular weight excluding hydrogens is 1490 g/mol. The number of hydrogen-bond acceptors (Lipinski definition) is 29. The first-order chi connectivity index (χ1) is 49.4. The van der Waals surface area contributed by atoms with Crippen LogP contribution in [0.25, 0.3) is 11.2 Å². The maximum absolute atomic E-state index is 14.0. The van der Waals surface area contributed by atoms with Gasteiger partial charge in [-0.2, -0.15) is 8.62 Å². The lowest BCUT2D eigenvalue weighted by atomic mass is 9.98. The molecule has 20 N–H and O–H groups in total. The number of anilines is 1. The Morgan fingerprint density at radius 1 is 0.590 bits per heavy atom. The van der Waals surface area contributed by atoms with Crippen molar-refractivity contribution in [2.75, 3.05) is 91.4 Å². The number of nitrogen functional groups attached to an aromatic ring is 1. The van der Waals surface area contributed by atoms with Crippen molar-refractivity contribution in [2.24, 2.45) is 5.92 Å². The second kappa shape index (κ2) is 44.5. The van der Waals surface area contributed by atoms with E-state index in [2.05, 4.69) is 69.8 Å². The third-order valence-electron chi connectivity index (χ3n) is 14.6. The highest BCUT2D eigenvalue weighted by molar-refractivity contribution is 7.67. The second-order valence-corrected chi connectivity index (χ2v) is 28.7. The number of aliphatic carboxylic acids is 3. The maximum Gasteiger partial charge on any atom is 0.524 e. The number of nitrogens with one attached hydrogen (secondary N) is 8. The Morgan fingerprint density at radius 2 is 1.08 bits per heavy atom. The van der Waals surface area contributed by atoms with Gasteiger partial charge in [0.1, 0.15) is 60.1 Å². The molecule has 0 radical (unpaired) electrons. The fourth-order valence-corrected chi connectivity index (χ4v) is 13.2. The molecule has 7 amide bonds. The zero-order valence-corrected chi connectivity index (χ0v) is 60.0. The largest absolute Gasteiger partial charge is 0.524 e. The van der Waals surface area contributed by atoms with Crippen molar-refractivity contribution in [3.05, 3.63) is 42.5 Å². The normalized spacial score (nSPS) is 18.3. The predicted molar refractivity (Wildman–Crippen MR) is 353 cm³/mol. The number of amides is 7. The van der Waals surface area contributed by atoms with Gasteiger partial charge in [-0.25, -0.2) is 43.1 Å². The van der Waals surface area contributed by atoms with E-state index in [0.717, 1.165) is 18.5 Å². The summed E-state index contributed by atoms with van der Waals surface area (Å²) in [7, 11) is -21.6. The van der Waals surface area contributed by atoms with Crippen molar-refractivity contribution in [1.29, 1.82) is 0 Å². The SMILES string of the molecule is CC[C@H](C)[C@H](NC(=O)[C@H](CCC(=O)O)NC(=O)[C@H](CCC(=O)O)NC(=O)[C@H](Cc1ccc(OP(=O)(O)O)cc1)NC(=O)CCC(=O)NCCOCCOCCNC(=O)CCC(=O)NCCOCCOCCNP(=O)(O)OP(=O)(O)OP(=O)(O)OC[C@H]1O[C@@H](n2cnc3c(N)ncnc32)[C@H](O)[C@@H]1O)C(=O)O. The molecule has 3 unspecified atom stereocenters. The Bertz CT molecular complexity index is 3600. The molecule has 3 heterocycles. The molecule has 0 bridgehead atoms. The monoisotopic (exact) mass is 1580 g/mol. The molecule has 4 rings (SSSR count). The van der Waals surface area contributed by atoms with Crippen molar-refractivity contribution in [2.45, 2.75) is 127 Å². The molecule has 0 saturated carbocycles. The van der Waals surface area contributed by atoms with Gasteiger partial charge in [0.2, 0.25) is 41.4 Å². The molecule has 50 heteroatoms. The van der Waals surface area contributed by atoms with Crippen LogP contribution >= 0.6 is 31.2 Å². The van der Waals surface area contributed by atoms with Crippen molar-refractivity contribution in [3.8, 4) is 5.75 Å². The second-order valence-electron chi connectivity index (χ2n) is 22.7. The summed E-state index contributed by atoms with van der Waals surface area (Å²) in [6, 6.07) is -1.65. The zero-order valence-electron chi connectivity index (χ0n) is 56.4. The number of aromatic nitrogens is 4. The third kappa shape index (κ3) is 34.6. The fraction of sp³-hybridized carbons (Fsp3) is 0.618. The van der Waals surface area contributed by atoms with Gasteiger partial charge in [-0.1, -0.05) is 32.4 Å². The highest BCUT2D eigenvalue weighted by Crippen LogP contribution is 2.66. The number of benzene rings is 1. The lowest BCUT2D eigenvalue weighted by Gasteiger charge is -2.27. The Kier molecular flexibility index (Phi) is 38.0. The van der Waals surface area contributed by atoms with Gasteiger partial charge < -0.3 is 111 Å². The number of nitrogens with two attached hydrogens (primary N) is 1. The van der Waals surface area contributed by atoms with E-state index in [4.69, 9.17) is 29.4 Å². The Hall–Kier alpha value is -7.65. The average Bonchev–Trinajstić information content (AvgIpc) is 1.62. The van der Waals surface area contributed by atoms with Crippen molar-refractivity contribution >= 4 is 107 Å². The van der Waals surface area contributed by atoms with E-state index in [-0.39, 0.29) is 120 Å². The van der Waals surface area contributed by atoms with Gasteiger partial charge in [0.25, 0.3) is 0 Å². The molecule has 1 saturated heterocycles. The van der Waals surface area contributed by atoms with E-state index in [1.54, 1.807) is 6.92 Å². The molecule has 0 spiro atoms. The first kappa shape index (κ1) is 89.7. The summed E-state index contributed by atoms with van der Waals surface area (Å²) < 4.78 is 94.1. The number of carbonyl (C=O) groups excluding carboxylic acids is 7. The molecule has 0 aliphatic carbocycles. The summed E-state index contributed by atoms with van der Waals surface area (Å²) >= 11 is 0. The molecular formula is C55H87N13O33P4. The van der Waals surface area contributed by atoms with Crippen LogP contribution in [0.2, 0.25) is 0 Å². The number of aliphatic hydroxyl groups excluding tert-OH is 2. The molecule has 590 valence electrons. The van der Waals surface area contributed by atoms with E-state index < -0.39 is 197 Å². The standard InChI is InChI=1S/C55H87N13O33P4/c1-3-32(2)45(55(82)83)67-52(80)36(9-15-44(75)76)65-51(79)35(8-14-43(73)74)66-53(81)37(28-33-4-6-34(7-5-33)99-103(86,87)88)64-42(72)13-12-41(71)59-18-22-94-25-24-93-20-16-57-39(69)10-11-40(70)58-17-21-95-26-27-96-23-19-63-102(84,85)100-105(91,92)101-104(89,90)97-29-38-47(77)48(78)54(98-38)68-31-62-46-49(56)60-30-61-50(46)68/h4-7,30-32,35-38,45,47-48,54,77-78H,3,8-29H2,1-2H3,(H,57,69)(H,58,70)(H,59,71)(H,64,72)(H,65,79)(H,66,81)(H,67,80)(H,73,74)(H,75,76)(H,82,83)(H,89,90)(H,91,92)(H2,56,60,61)(H2,63,84,85)(H2,86,87,88)/t32-,35-,36-,37-,38+,45-,47+,48+,54+/m0/s1. The van der Waals surface area contributed by atoms with E-state index >= 15 is 0 Å². The number of nitrogens with zero attached hydrogens (tertiary/aromatic N) is 4. The number of hydrogen-bond donors (Lipinski definition) is 19. The molecule has 2 aromatic heterocycles. The molecule has 12 atom stereocenters. The minimum atomic E-state index is -5.82. The summed E-state index contributed by atoms with van der Waals surface area (Å²) in [6.07, 6.45) is -7.92. The summed E-state index contributed by atoms with van der Waals surface area (Å²) in [5.41, 5.74) is 6.26. The fourth-order valence-electron chi connectivity index (χ4n) is 9.16. The summed E-state index contributed by atoms with van der Waals surface area (Å²) in [6.45, 7) is 1.73. The molecule has 46 nitrogen and oxygen atoms in total. The minimum absolute atomic E-state index is 0.00219. The van der Waals surface area contributed by atoms with E-state index in [0.29, 0.717) is 6.42 Å². The number of fused-ring (bicyclic) bond motifs is 1. The number of ether oxygens (including phenoxy) is 5. The lowest BCUT2D eigenvalue weighted by Crippen LogP contribution is -2.58. The summed E-state index contributed by atoms with van der Waals surface area (Å²) in [4.78, 5) is 187. The quantitative estimate of drug-likeness (QED) is 0.0192. The number of carbonyl (C=O) groups is 10. The zero-order chi connectivity index (χ0) is 78.1. The van der Waals surface area contributed by atoms with Gasteiger partial charge >= 0.3 is 49.1 Å². The number of phosphoric ester groups is 2.